The third-order valence-corrected chi connectivity index (χ3v) is 5.74. The summed E-state index contributed by atoms with van der Waals surface area (Å²) in [5.41, 5.74) is 0.491. The van der Waals surface area contributed by atoms with Gasteiger partial charge in [-0.05, 0) is 42.4 Å². The van der Waals surface area contributed by atoms with E-state index >= 15 is 0 Å². The molecule has 0 saturated heterocycles. The Morgan fingerprint density at radius 1 is 1.22 bits per heavy atom. The highest BCUT2D eigenvalue weighted by atomic mass is 32.2. The van der Waals surface area contributed by atoms with Crippen LogP contribution in [-0.4, -0.2) is 33.0 Å². The Balaban J connectivity index is 1.86. The van der Waals surface area contributed by atoms with Gasteiger partial charge in [0, 0.05) is 18.8 Å². The van der Waals surface area contributed by atoms with E-state index in [9.17, 15) is 8.42 Å². The summed E-state index contributed by atoms with van der Waals surface area (Å²) in [6, 6.07) is 0.567. The van der Waals surface area contributed by atoms with Gasteiger partial charge in [0.05, 0.1) is 5.75 Å². The van der Waals surface area contributed by atoms with Gasteiger partial charge >= 0.3 is 0 Å². The molecule has 2 fully saturated rings. The molecule has 0 aromatic carbocycles. The van der Waals surface area contributed by atoms with Crippen molar-refractivity contribution in [3.05, 3.63) is 0 Å². The van der Waals surface area contributed by atoms with Crippen LogP contribution in [0.2, 0.25) is 0 Å². The second kappa shape index (κ2) is 4.48. The molecule has 0 unspecified atom stereocenters. The fraction of sp³-hybridized carbons (Fsp3) is 1.00. The zero-order chi connectivity index (χ0) is 13.6. The molecule has 2 saturated carbocycles. The molecular weight excluding hydrogens is 246 g/mol. The van der Waals surface area contributed by atoms with Crippen molar-refractivity contribution < 1.29 is 8.42 Å². The van der Waals surface area contributed by atoms with Crippen LogP contribution >= 0.6 is 0 Å². The highest BCUT2D eigenvalue weighted by Gasteiger charge is 2.46. The third-order valence-electron chi connectivity index (χ3n) is 4.60. The maximum absolute atomic E-state index is 11.4. The van der Waals surface area contributed by atoms with Crippen molar-refractivity contribution in [2.45, 2.75) is 52.5 Å². The van der Waals surface area contributed by atoms with Crippen LogP contribution in [-0.2, 0) is 9.84 Å². The van der Waals surface area contributed by atoms with E-state index in [1.165, 1.54) is 19.1 Å². The van der Waals surface area contributed by atoms with Crippen molar-refractivity contribution in [3.63, 3.8) is 0 Å². The van der Waals surface area contributed by atoms with Crippen LogP contribution in [0.4, 0.5) is 0 Å². The van der Waals surface area contributed by atoms with Crippen molar-refractivity contribution >= 4 is 9.84 Å². The molecule has 0 bridgehead atoms. The predicted octanol–water partition coefficient (Wildman–Crippen LogP) is 2.23. The Morgan fingerprint density at radius 2 is 1.83 bits per heavy atom. The van der Waals surface area contributed by atoms with E-state index in [0.717, 1.165) is 19.4 Å². The molecule has 2 atom stereocenters. The molecule has 4 heteroatoms. The minimum absolute atomic E-state index is 0.0556. The molecular formula is C14H27NO2S. The van der Waals surface area contributed by atoms with Gasteiger partial charge in [0.2, 0.25) is 0 Å². The van der Waals surface area contributed by atoms with Crippen LogP contribution in [0.25, 0.3) is 0 Å². The Morgan fingerprint density at radius 3 is 2.22 bits per heavy atom. The minimum atomic E-state index is -2.84. The summed E-state index contributed by atoms with van der Waals surface area (Å²) in [5, 5.41) is 3.65. The van der Waals surface area contributed by atoms with E-state index in [-0.39, 0.29) is 5.41 Å². The summed E-state index contributed by atoms with van der Waals surface area (Å²) in [6.07, 6.45) is 5.97. The lowest BCUT2D eigenvalue weighted by atomic mass is 9.91. The molecule has 0 aromatic rings. The molecule has 0 spiro atoms. The summed E-state index contributed by atoms with van der Waals surface area (Å²) >= 11 is 0. The number of hydrogen-bond donors (Lipinski definition) is 1. The van der Waals surface area contributed by atoms with Gasteiger partial charge in [0.1, 0.15) is 9.84 Å². The second-order valence-corrected chi connectivity index (χ2v) is 9.75. The second-order valence-electron chi connectivity index (χ2n) is 7.61. The van der Waals surface area contributed by atoms with Crippen molar-refractivity contribution in [1.29, 1.82) is 0 Å². The molecule has 3 nitrogen and oxygen atoms in total. The Labute approximate surface area is 112 Å². The Hall–Kier alpha value is -0.0900. The fourth-order valence-electron chi connectivity index (χ4n) is 3.62. The summed E-state index contributed by atoms with van der Waals surface area (Å²) in [5.74, 6) is 1.06. The summed E-state index contributed by atoms with van der Waals surface area (Å²) < 4.78 is 22.8. The highest BCUT2D eigenvalue weighted by molar-refractivity contribution is 7.90. The van der Waals surface area contributed by atoms with Gasteiger partial charge in [-0.1, -0.05) is 20.8 Å². The van der Waals surface area contributed by atoms with E-state index in [2.05, 4.69) is 26.1 Å². The van der Waals surface area contributed by atoms with Gasteiger partial charge in [0.15, 0.2) is 0 Å². The number of nitrogens with one attached hydrogen (secondary N) is 1. The van der Waals surface area contributed by atoms with Crippen LogP contribution in [0.3, 0.4) is 0 Å². The fourth-order valence-corrected chi connectivity index (χ4v) is 5.12. The largest absolute Gasteiger partial charge is 0.313 e. The van der Waals surface area contributed by atoms with Crippen molar-refractivity contribution in [3.8, 4) is 0 Å². The zero-order valence-corrected chi connectivity index (χ0v) is 12.9. The highest BCUT2D eigenvalue weighted by Crippen LogP contribution is 2.47. The molecule has 2 aliphatic rings. The minimum Gasteiger partial charge on any atom is -0.313 e. The first-order valence-corrected chi connectivity index (χ1v) is 9.08. The maximum Gasteiger partial charge on any atom is 0.148 e. The first kappa shape index (κ1) is 14.3. The monoisotopic (exact) mass is 273 g/mol. The SMILES string of the molecule is C[C@@H]1CC(C)(C)C[C@H]1NCC1(CS(C)(=O)=O)CC1. The Bertz CT molecular complexity index is 410. The average molecular weight is 273 g/mol. The topological polar surface area (TPSA) is 46.2 Å². The van der Waals surface area contributed by atoms with E-state index in [1.807, 2.05) is 0 Å². The van der Waals surface area contributed by atoms with E-state index < -0.39 is 9.84 Å². The van der Waals surface area contributed by atoms with Gasteiger partial charge < -0.3 is 5.32 Å². The first-order valence-electron chi connectivity index (χ1n) is 7.02. The number of hydrogen-bond acceptors (Lipinski definition) is 3. The quantitative estimate of drug-likeness (QED) is 0.835. The lowest BCUT2D eigenvalue weighted by Gasteiger charge is -2.22. The van der Waals surface area contributed by atoms with Crippen molar-refractivity contribution in [2.24, 2.45) is 16.7 Å². The molecule has 18 heavy (non-hydrogen) atoms. The molecule has 0 amide bonds. The maximum atomic E-state index is 11.4. The van der Waals surface area contributed by atoms with Crippen molar-refractivity contribution in [1.82, 2.24) is 5.32 Å². The lowest BCUT2D eigenvalue weighted by molar-refractivity contribution is 0.355. The molecule has 0 heterocycles. The molecule has 0 radical (unpaired) electrons. The van der Waals surface area contributed by atoms with Gasteiger partial charge in [-0.15, -0.1) is 0 Å². The average Bonchev–Trinajstić information content (AvgIpc) is 2.82. The predicted molar refractivity (Wildman–Crippen MR) is 75.3 cm³/mol. The standard InChI is InChI=1S/C14H27NO2S/c1-11-7-13(2,3)8-12(11)15-9-14(5-6-14)10-18(4,16)17/h11-12,15H,5-10H2,1-4H3/t11-,12-/m1/s1. The van der Waals surface area contributed by atoms with Gasteiger partial charge in [-0.3, -0.25) is 0 Å². The van der Waals surface area contributed by atoms with E-state index in [4.69, 9.17) is 0 Å². The molecule has 106 valence electrons. The lowest BCUT2D eigenvalue weighted by Crippen LogP contribution is -2.38. The van der Waals surface area contributed by atoms with Crippen LogP contribution in [0.1, 0.15) is 46.5 Å². The van der Waals surface area contributed by atoms with Gasteiger partial charge in [-0.2, -0.15) is 0 Å². The summed E-state index contributed by atoms with van der Waals surface area (Å²) in [4.78, 5) is 0. The third kappa shape index (κ3) is 3.70. The van der Waals surface area contributed by atoms with Crippen molar-refractivity contribution in [2.75, 3.05) is 18.6 Å². The molecule has 0 aliphatic heterocycles. The summed E-state index contributed by atoms with van der Waals surface area (Å²) in [7, 11) is -2.84. The molecule has 1 N–H and O–H groups in total. The first-order chi connectivity index (χ1) is 8.11. The van der Waals surface area contributed by atoms with Gasteiger partial charge in [-0.25, -0.2) is 8.42 Å². The zero-order valence-electron chi connectivity index (χ0n) is 12.1. The van der Waals surface area contributed by atoms with Crippen LogP contribution in [0.5, 0.6) is 0 Å². The smallest absolute Gasteiger partial charge is 0.148 e. The van der Waals surface area contributed by atoms with E-state index in [0.29, 0.717) is 23.1 Å². The van der Waals surface area contributed by atoms with Crippen LogP contribution in [0, 0.1) is 16.7 Å². The van der Waals surface area contributed by atoms with Gasteiger partial charge in [0.25, 0.3) is 0 Å². The normalized spacial score (nSPS) is 33.6. The number of rotatable bonds is 5. The number of sulfone groups is 1. The van der Waals surface area contributed by atoms with Crippen LogP contribution in [0.15, 0.2) is 0 Å². The summed E-state index contributed by atoms with van der Waals surface area (Å²) in [6.45, 7) is 7.84. The molecule has 0 aromatic heterocycles. The van der Waals surface area contributed by atoms with E-state index in [1.54, 1.807) is 0 Å². The van der Waals surface area contributed by atoms with Crippen LogP contribution < -0.4 is 5.32 Å². The molecule has 2 aliphatic carbocycles. The molecule has 2 rings (SSSR count). The Kier molecular flexibility index (Phi) is 3.56.